The lowest BCUT2D eigenvalue weighted by Crippen LogP contribution is -2.04. The first-order valence-corrected chi connectivity index (χ1v) is 9.56. The summed E-state index contributed by atoms with van der Waals surface area (Å²) in [5, 5.41) is 1.18. The number of unbranched alkanes of at least 4 members (excludes halogenated alkanes) is 3. The van der Waals surface area contributed by atoms with Gasteiger partial charge in [0.05, 0.1) is 5.02 Å². The molecule has 0 fully saturated rings. The lowest BCUT2D eigenvalue weighted by molar-refractivity contribution is 0.574. The van der Waals surface area contributed by atoms with Gasteiger partial charge in [-0.1, -0.05) is 56.3 Å². The van der Waals surface area contributed by atoms with Crippen LogP contribution < -0.4 is 0 Å². The molecule has 0 atom stereocenters. The van der Waals surface area contributed by atoms with Gasteiger partial charge in [0.15, 0.2) is 5.65 Å². The van der Waals surface area contributed by atoms with E-state index in [1.54, 1.807) is 12.4 Å². The van der Waals surface area contributed by atoms with Gasteiger partial charge in [-0.2, -0.15) is 0 Å². The largest absolute Gasteiger partial charge is 0.313 e. The Labute approximate surface area is 158 Å². The molecule has 0 spiro atoms. The monoisotopic (exact) mass is 376 g/mol. The maximum Gasteiger partial charge on any atom is 0.164 e. The van der Waals surface area contributed by atoms with E-state index in [2.05, 4.69) is 28.4 Å². The van der Waals surface area contributed by atoms with E-state index in [4.69, 9.17) is 28.2 Å². The first-order chi connectivity index (χ1) is 12.2. The van der Waals surface area contributed by atoms with Crippen molar-refractivity contribution in [1.82, 2.24) is 19.5 Å². The molecule has 0 bridgehead atoms. The van der Waals surface area contributed by atoms with Crippen LogP contribution in [0.15, 0.2) is 24.5 Å². The molecular formula is C19H22Cl2N4. The van der Waals surface area contributed by atoms with Crippen LogP contribution in [0.1, 0.15) is 45.4 Å². The van der Waals surface area contributed by atoms with E-state index in [9.17, 15) is 0 Å². The quantitative estimate of drug-likeness (QED) is 0.479. The molecule has 0 N–H and O–H groups in total. The molecule has 3 aromatic rings. The molecule has 0 unspecified atom stereocenters. The van der Waals surface area contributed by atoms with Gasteiger partial charge in [-0.25, -0.2) is 15.0 Å². The minimum absolute atomic E-state index is 0.572. The molecular weight excluding hydrogens is 355 g/mol. The number of nitrogens with zero attached hydrogens (tertiary/aromatic N) is 4. The van der Waals surface area contributed by atoms with Gasteiger partial charge in [-0.15, -0.1) is 0 Å². The topological polar surface area (TPSA) is 43.6 Å². The molecule has 0 saturated heterocycles. The number of imidazole rings is 1. The molecule has 132 valence electrons. The summed E-state index contributed by atoms with van der Waals surface area (Å²) in [6.07, 6.45) is 7.29. The smallest absolute Gasteiger partial charge is 0.164 e. The van der Waals surface area contributed by atoms with Gasteiger partial charge in [0.2, 0.25) is 0 Å². The summed E-state index contributed by atoms with van der Waals surface area (Å²) in [4.78, 5) is 13.8. The molecule has 3 rings (SSSR count). The molecule has 2 aromatic heterocycles. The molecule has 1 aromatic carbocycles. The van der Waals surface area contributed by atoms with Crippen molar-refractivity contribution in [2.24, 2.45) is 0 Å². The van der Waals surface area contributed by atoms with Crippen LogP contribution in [-0.2, 0) is 13.0 Å². The maximum absolute atomic E-state index is 6.38. The maximum atomic E-state index is 6.38. The Morgan fingerprint density at radius 2 is 1.88 bits per heavy atom. The first kappa shape index (κ1) is 18.2. The van der Waals surface area contributed by atoms with E-state index in [0.717, 1.165) is 47.6 Å². The Kier molecular flexibility index (Phi) is 5.92. The van der Waals surface area contributed by atoms with E-state index >= 15 is 0 Å². The number of aryl methyl sites for hydroxylation is 2. The molecule has 4 nitrogen and oxygen atoms in total. The van der Waals surface area contributed by atoms with Crippen molar-refractivity contribution in [3.05, 3.63) is 40.4 Å². The molecule has 0 aliphatic carbocycles. The highest BCUT2D eigenvalue weighted by molar-refractivity contribution is 6.36. The summed E-state index contributed by atoms with van der Waals surface area (Å²) in [7, 11) is 0. The Morgan fingerprint density at radius 1 is 1.04 bits per heavy atom. The Bertz CT molecular complexity index is 873. The van der Waals surface area contributed by atoms with Crippen LogP contribution in [0.25, 0.3) is 22.4 Å². The number of aromatic nitrogens is 4. The van der Waals surface area contributed by atoms with Gasteiger partial charge in [0.1, 0.15) is 23.4 Å². The summed E-state index contributed by atoms with van der Waals surface area (Å²) in [6, 6.07) is 5.44. The van der Waals surface area contributed by atoms with Crippen molar-refractivity contribution < 1.29 is 0 Å². The van der Waals surface area contributed by atoms with Gasteiger partial charge in [0, 0.05) is 23.6 Å². The highest BCUT2D eigenvalue weighted by atomic mass is 35.5. The Hall–Kier alpha value is -1.65. The van der Waals surface area contributed by atoms with E-state index in [1.807, 2.05) is 12.1 Å². The first-order valence-electron chi connectivity index (χ1n) is 8.81. The van der Waals surface area contributed by atoms with Crippen molar-refractivity contribution >= 4 is 34.4 Å². The minimum atomic E-state index is 0.572. The zero-order valence-electron chi connectivity index (χ0n) is 14.6. The average Bonchev–Trinajstić information content (AvgIpc) is 2.97. The molecule has 6 heteroatoms. The van der Waals surface area contributed by atoms with Crippen LogP contribution >= 0.6 is 23.2 Å². The number of benzene rings is 1. The van der Waals surface area contributed by atoms with Gasteiger partial charge in [-0.3, -0.25) is 0 Å². The van der Waals surface area contributed by atoms with Crippen molar-refractivity contribution in [3.63, 3.8) is 0 Å². The van der Waals surface area contributed by atoms with Crippen molar-refractivity contribution in [2.45, 2.75) is 52.5 Å². The lowest BCUT2D eigenvalue weighted by atomic mass is 10.1. The third-order valence-electron chi connectivity index (χ3n) is 4.35. The summed E-state index contributed by atoms with van der Waals surface area (Å²) in [5.74, 6) is 1.04. The Balaban J connectivity index is 2.05. The second-order valence-electron chi connectivity index (χ2n) is 6.11. The summed E-state index contributed by atoms with van der Waals surface area (Å²) in [5.41, 5.74) is 3.27. The highest BCUT2D eigenvalue weighted by Crippen LogP contribution is 2.33. The second kappa shape index (κ2) is 8.15. The summed E-state index contributed by atoms with van der Waals surface area (Å²) in [6.45, 7) is 5.27. The predicted octanol–water partition coefficient (Wildman–Crippen LogP) is 5.94. The third kappa shape index (κ3) is 3.80. The normalized spacial score (nSPS) is 11.4. The third-order valence-corrected chi connectivity index (χ3v) is 4.90. The zero-order valence-corrected chi connectivity index (χ0v) is 16.1. The van der Waals surface area contributed by atoms with Crippen molar-refractivity contribution in [1.29, 1.82) is 0 Å². The van der Waals surface area contributed by atoms with Crippen LogP contribution in [0.3, 0.4) is 0 Å². The van der Waals surface area contributed by atoms with Crippen LogP contribution in [0, 0.1) is 0 Å². The predicted molar refractivity (Wildman–Crippen MR) is 104 cm³/mol. The van der Waals surface area contributed by atoms with Gasteiger partial charge >= 0.3 is 0 Å². The molecule has 2 heterocycles. The summed E-state index contributed by atoms with van der Waals surface area (Å²) >= 11 is 12.4. The Morgan fingerprint density at radius 3 is 2.60 bits per heavy atom. The number of hydrogen-bond donors (Lipinski definition) is 0. The van der Waals surface area contributed by atoms with E-state index < -0.39 is 0 Å². The fourth-order valence-corrected chi connectivity index (χ4v) is 3.56. The van der Waals surface area contributed by atoms with Crippen LogP contribution in [-0.4, -0.2) is 19.5 Å². The van der Waals surface area contributed by atoms with E-state index in [1.165, 1.54) is 19.3 Å². The van der Waals surface area contributed by atoms with E-state index in [-0.39, 0.29) is 0 Å². The fraction of sp³-hybridized carbons (Fsp3) is 0.421. The highest BCUT2D eigenvalue weighted by Gasteiger charge is 2.17. The second-order valence-corrected chi connectivity index (χ2v) is 6.96. The van der Waals surface area contributed by atoms with Gasteiger partial charge in [-0.05, 0) is 24.6 Å². The van der Waals surface area contributed by atoms with Crippen molar-refractivity contribution in [2.75, 3.05) is 0 Å². The fourth-order valence-electron chi connectivity index (χ4n) is 3.06. The molecule has 0 radical (unpaired) electrons. The number of halogens is 2. The molecule has 0 saturated carbocycles. The zero-order chi connectivity index (χ0) is 17.8. The number of rotatable bonds is 7. The molecule has 0 amide bonds. The average molecular weight is 377 g/mol. The minimum Gasteiger partial charge on any atom is -0.313 e. The van der Waals surface area contributed by atoms with Crippen molar-refractivity contribution in [3.8, 4) is 11.3 Å². The molecule has 0 aliphatic heterocycles. The SMILES string of the molecule is CCCCCCn1c(CC)nc2c(-c3ccc(Cl)cc3Cl)ncnc21. The molecule has 0 aliphatic rings. The lowest BCUT2D eigenvalue weighted by Gasteiger charge is -2.08. The standard InChI is InChI=1S/C19H22Cl2N4/c1-3-5-6-7-10-25-16(4-2)24-18-17(22-12-23-19(18)25)14-9-8-13(20)11-15(14)21/h8-9,11-12H,3-7,10H2,1-2H3. The summed E-state index contributed by atoms with van der Waals surface area (Å²) < 4.78 is 2.22. The van der Waals surface area contributed by atoms with Gasteiger partial charge in [0.25, 0.3) is 0 Å². The van der Waals surface area contributed by atoms with Crippen LogP contribution in [0.2, 0.25) is 10.0 Å². The van der Waals surface area contributed by atoms with E-state index in [0.29, 0.717) is 10.0 Å². The number of hydrogen-bond acceptors (Lipinski definition) is 3. The van der Waals surface area contributed by atoms with Gasteiger partial charge < -0.3 is 4.57 Å². The van der Waals surface area contributed by atoms with Crippen LogP contribution in [0.4, 0.5) is 0 Å². The number of fused-ring (bicyclic) bond motifs is 1. The molecule has 25 heavy (non-hydrogen) atoms. The van der Waals surface area contributed by atoms with Crippen LogP contribution in [0.5, 0.6) is 0 Å².